The smallest absolute Gasteiger partial charge is 0.253 e. The van der Waals surface area contributed by atoms with Crippen LogP contribution in [0.25, 0.3) is 10.9 Å². The predicted octanol–water partition coefficient (Wildman–Crippen LogP) is 3.30. The fourth-order valence-corrected chi connectivity index (χ4v) is 3.23. The van der Waals surface area contributed by atoms with E-state index in [0.29, 0.717) is 46.7 Å². The molecule has 0 unspecified atom stereocenters. The topological polar surface area (TPSA) is 78.8 Å². The van der Waals surface area contributed by atoms with Crippen molar-refractivity contribution in [2.24, 2.45) is 0 Å². The first-order chi connectivity index (χ1) is 14.0. The van der Waals surface area contributed by atoms with Crippen molar-refractivity contribution in [3.05, 3.63) is 53.7 Å². The number of methoxy groups -OCH3 is 3. The molecule has 3 rings (SSSR count). The summed E-state index contributed by atoms with van der Waals surface area (Å²) in [6, 6.07) is 11.0. The quantitative estimate of drug-likeness (QED) is 0.663. The molecule has 0 aliphatic rings. The van der Waals surface area contributed by atoms with Crippen LogP contribution in [0.4, 0.5) is 0 Å². The third kappa shape index (κ3) is 4.18. The van der Waals surface area contributed by atoms with Crippen molar-refractivity contribution in [1.82, 2.24) is 9.88 Å². The van der Waals surface area contributed by atoms with Crippen molar-refractivity contribution >= 4 is 22.7 Å². The molecule has 7 heteroatoms. The highest BCUT2D eigenvalue weighted by atomic mass is 16.5. The van der Waals surface area contributed by atoms with Gasteiger partial charge in [0.2, 0.25) is 5.91 Å². The Kier molecular flexibility index (Phi) is 6.07. The van der Waals surface area contributed by atoms with E-state index in [2.05, 4.69) is 5.32 Å². The van der Waals surface area contributed by atoms with Gasteiger partial charge < -0.3 is 19.5 Å². The summed E-state index contributed by atoms with van der Waals surface area (Å²) >= 11 is 0. The summed E-state index contributed by atoms with van der Waals surface area (Å²) in [4.78, 5) is 24.7. The lowest BCUT2D eigenvalue weighted by molar-refractivity contribution is 0.0941. The van der Waals surface area contributed by atoms with Gasteiger partial charge in [-0.25, -0.2) is 0 Å². The Morgan fingerprint density at radius 1 is 0.966 bits per heavy atom. The van der Waals surface area contributed by atoms with Crippen molar-refractivity contribution < 1.29 is 23.8 Å². The largest absolute Gasteiger partial charge is 0.497 e. The van der Waals surface area contributed by atoms with E-state index in [-0.39, 0.29) is 11.8 Å². The first-order valence-corrected chi connectivity index (χ1v) is 9.17. The normalized spacial score (nSPS) is 10.6. The van der Waals surface area contributed by atoms with E-state index in [9.17, 15) is 9.59 Å². The molecule has 0 aliphatic heterocycles. The van der Waals surface area contributed by atoms with Crippen LogP contribution >= 0.6 is 0 Å². The minimum absolute atomic E-state index is 0.162. The van der Waals surface area contributed by atoms with Crippen molar-refractivity contribution in [2.45, 2.75) is 13.3 Å². The number of rotatable bonds is 7. The summed E-state index contributed by atoms with van der Waals surface area (Å²) in [5, 5.41) is 3.59. The van der Waals surface area contributed by atoms with Crippen LogP contribution in [0.3, 0.4) is 0 Å². The second kappa shape index (κ2) is 8.68. The van der Waals surface area contributed by atoms with Crippen LogP contribution in [-0.4, -0.2) is 44.3 Å². The molecule has 7 nitrogen and oxygen atoms in total. The number of aromatic nitrogens is 1. The molecule has 0 atom stereocenters. The molecule has 2 aromatic carbocycles. The molecule has 152 valence electrons. The standard InChI is InChI=1S/C22H24N2O5/c1-14(25)24-13-18(17-12-16(27-2)6-7-19(17)24)22(26)23-10-9-15-5-8-20(28-3)21(11-15)29-4/h5-8,11-13H,9-10H2,1-4H3,(H,23,26). The summed E-state index contributed by atoms with van der Waals surface area (Å²) in [6.45, 7) is 1.90. The first kappa shape index (κ1) is 20.3. The second-order valence-electron chi connectivity index (χ2n) is 6.51. The Morgan fingerprint density at radius 3 is 2.38 bits per heavy atom. The molecule has 0 aliphatic carbocycles. The van der Waals surface area contributed by atoms with Crippen molar-refractivity contribution in [3.8, 4) is 17.2 Å². The Hall–Kier alpha value is -3.48. The summed E-state index contributed by atoms with van der Waals surface area (Å²) in [7, 11) is 4.73. The highest BCUT2D eigenvalue weighted by molar-refractivity contribution is 6.09. The molecule has 1 amide bonds. The first-order valence-electron chi connectivity index (χ1n) is 9.17. The number of nitrogens with zero attached hydrogens (tertiary/aromatic N) is 1. The number of hydrogen-bond donors (Lipinski definition) is 1. The average Bonchev–Trinajstić information content (AvgIpc) is 3.12. The third-order valence-corrected chi connectivity index (χ3v) is 4.74. The summed E-state index contributed by atoms with van der Waals surface area (Å²) in [5.41, 5.74) is 2.11. The van der Waals surface area contributed by atoms with Gasteiger partial charge in [-0.2, -0.15) is 0 Å². The van der Waals surface area contributed by atoms with Gasteiger partial charge in [0.05, 0.1) is 32.4 Å². The van der Waals surface area contributed by atoms with E-state index in [1.807, 2.05) is 18.2 Å². The molecule has 1 heterocycles. The van der Waals surface area contributed by atoms with Crippen LogP contribution in [0.2, 0.25) is 0 Å². The maximum Gasteiger partial charge on any atom is 0.253 e. The molecule has 0 fully saturated rings. The van der Waals surface area contributed by atoms with Gasteiger partial charge in [0.1, 0.15) is 5.75 Å². The Balaban J connectivity index is 1.77. The summed E-state index contributed by atoms with van der Waals surface area (Å²) in [6.07, 6.45) is 2.19. The molecule has 0 bridgehead atoms. The van der Waals surface area contributed by atoms with Gasteiger partial charge in [0.15, 0.2) is 11.5 Å². The van der Waals surface area contributed by atoms with Gasteiger partial charge in [-0.3, -0.25) is 14.2 Å². The molecule has 0 saturated heterocycles. The van der Waals surface area contributed by atoms with Crippen LogP contribution < -0.4 is 19.5 Å². The predicted molar refractivity (Wildman–Crippen MR) is 110 cm³/mol. The number of nitrogens with one attached hydrogen (secondary N) is 1. The SMILES string of the molecule is COc1ccc2c(c1)c(C(=O)NCCc1ccc(OC)c(OC)c1)cn2C(C)=O. The summed E-state index contributed by atoms with van der Waals surface area (Å²) in [5.74, 6) is 1.52. The van der Waals surface area contributed by atoms with E-state index >= 15 is 0 Å². The van der Waals surface area contributed by atoms with Crippen LogP contribution in [0, 0.1) is 0 Å². The zero-order valence-electron chi connectivity index (χ0n) is 16.9. The van der Waals surface area contributed by atoms with Crippen LogP contribution in [0.1, 0.15) is 27.6 Å². The average molecular weight is 396 g/mol. The van der Waals surface area contributed by atoms with Crippen molar-refractivity contribution in [3.63, 3.8) is 0 Å². The Morgan fingerprint density at radius 2 is 1.72 bits per heavy atom. The minimum atomic E-state index is -0.247. The van der Waals surface area contributed by atoms with Gasteiger partial charge in [-0.1, -0.05) is 6.07 Å². The lowest BCUT2D eigenvalue weighted by Crippen LogP contribution is -2.25. The summed E-state index contributed by atoms with van der Waals surface area (Å²) < 4.78 is 17.3. The molecular weight excluding hydrogens is 372 g/mol. The number of carbonyl (C=O) groups is 2. The zero-order chi connectivity index (χ0) is 21.0. The van der Waals surface area contributed by atoms with Crippen molar-refractivity contribution in [2.75, 3.05) is 27.9 Å². The maximum atomic E-state index is 12.8. The number of carbonyl (C=O) groups excluding carboxylic acids is 2. The molecule has 1 N–H and O–H groups in total. The number of benzene rings is 2. The van der Waals surface area contributed by atoms with Gasteiger partial charge >= 0.3 is 0 Å². The van der Waals surface area contributed by atoms with E-state index in [1.165, 1.54) is 11.5 Å². The maximum absolute atomic E-state index is 12.8. The van der Waals surface area contributed by atoms with Gasteiger partial charge in [-0.05, 0) is 42.3 Å². The fraction of sp³-hybridized carbons (Fsp3) is 0.273. The van der Waals surface area contributed by atoms with Crippen LogP contribution in [-0.2, 0) is 6.42 Å². The third-order valence-electron chi connectivity index (χ3n) is 4.74. The van der Waals surface area contributed by atoms with E-state index in [1.54, 1.807) is 45.7 Å². The number of ether oxygens (including phenoxy) is 3. The molecule has 0 radical (unpaired) electrons. The highest BCUT2D eigenvalue weighted by Crippen LogP contribution is 2.28. The number of fused-ring (bicyclic) bond motifs is 1. The molecule has 29 heavy (non-hydrogen) atoms. The minimum Gasteiger partial charge on any atom is -0.497 e. The van der Waals surface area contributed by atoms with Gasteiger partial charge in [0, 0.05) is 25.1 Å². The molecule has 1 aromatic heterocycles. The molecule has 0 saturated carbocycles. The Labute approximate surface area is 169 Å². The number of amides is 1. The fourth-order valence-electron chi connectivity index (χ4n) is 3.23. The monoisotopic (exact) mass is 396 g/mol. The van der Waals surface area contributed by atoms with Crippen LogP contribution in [0.5, 0.6) is 17.2 Å². The molecular formula is C22H24N2O5. The zero-order valence-corrected chi connectivity index (χ0v) is 16.9. The van der Waals surface area contributed by atoms with Gasteiger partial charge in [0.25, 0.3) is 5.91 Å². The van der Waals surface area contributed by atoms with Gasteiger partial charge in [-0.15, -0.1) is 0 Å². The Bertz CT molecular complexity index is 1050. The molecule has 3 aromatic rings. The lowest BCUT2D eigenvalue weighted by atomic mass is 10.1. The molecule has 0 spiro atoms. The highest BCUT2D eigenvalue weighted by Gasteiger charge is 2.17. The van der Waals surface area contributed by atoms with Crippen molar-refractivity contribution in [1.29, 1.82) is 0 Å². The van der Waals surface area contributed by atoms with Crippen LogP contribution in [0.15, 0.2) is 42.6 Å². The number of hydrogen-bond acceptors (Lipinski definition) is 5. The lowest BCUT2D eigenvalue weighted by Gasteiger charge is -2.10. The van der Waals surface area contributed by atoms with E-state index in [4.69, 9.17) is 14.2 Å². The van der Waals surface area contributed by atoms with E-state index in [0.717, 1.165) is 5.56 Å². The second-order valence-corrected chi connectivity index (χ2v) is 6.51. The van der Waals surface area contributed by atoms with E-state index < -0.39 is 0 Å².